The fourth-order valence-corrected chi connectivity index (χ4v) is 4.44. The van der Waals surface area contributed by atoms with E-state index in [2.05, 4.69) is 74.6 Å². The predicted octanol–water partition coefficient (Wildman–Crippen LogP) is 1.53. The summed E-state index contributed by atoms with van der Waals surface area (Å²) in [6, 6.07) is 20.6. The van der Waals surface area contributed by atoms with Crippen LogP contribution in [0.25, 0.3) is 34.6 Å². The molecule has 1 aliphatic rings. The molecule has 5 heteroatoms. The van der Waals surface area contributed by atoms with Gasteiger partial charge in [-0.2, -0.15) is 0 Å². The Balaban J connectivity index is 1.73. The topological polar surface area (TPSA) is 83.4 Å². The first-order valence-electron chi connectivity index (χ1n) is 10.4. The Bertz CT molecular complexity index is 1670. The van der Waals surface area contributed by atoms with Crippen LogP contribution in [0.2, 0.25) is 0 Å². The summed E-state index contributed by atoms with van der Waals surface area (Å²) in [6.45, 7) is 1.79. The smallest absolute Gasteiger partial charge is 0.0802 e. The highest BCUT2D eigenvalue weighted by atomic mass is 16.3. The molecule has 1 atom stereocenters. The molecule has 1 unspecified atom stereocenters. The molecule has 1 aromatic carbocycles. The van der Waals surface area contributed by atoms with E-state index in [9.17, 15) is 5.11 Å². The first-order valence-corrected chi connectivity index (χ1v) is 10.4. The quantitative estimate of drug-likeness (QED) is 0.288. The van der Waals surface area contributed by atoms with Gasteiger partial charge in [0.2, 0.25) is 0 Å². The van der Waals surface area contributed by atoms with E-state index in [-0.39, 0.29) is 0 Å². The molecule has 6 rings (SSSR count). The van der Waals surface area contributed by atoms with Crippen molar-refractivity contribution in [3.8, 4) is 0 Å². The molecule has 0 saturated heterocycles. The predicted molar refractivity (Wildman–Crippen MR) is 124 cm³/mol. The second-order valence-corrected chi connectivity index (χ2v) is 8.04. The van der Waals surface area contributed by atoms with Crippen molar-refractivity contribution in [2.45, 2.75) is 13.0 Å². The Labute approximate surface area is 177 Å². The molecule has 0 spiro atoms. The first-order chi connectivity index (χ1) is 15.1. The van der Waals surface area contributed by atoms with E-state index in [0.717, 1.165) is 49.7 Å². The zero-order valence-electron chi connectivity index (χ0n) is 17.0. The number of nitrogens with one attached hydrogen (secondary N) is 4. The van der Waals surface area contributed by atoms with Gasteiger partial charge in [-0.3, -0.25) is 0 Å². The maximum absolute atomic E-state index is 10.5. The van der Waals surface area contributed by atoms with Crippen molar-refractivity contribution < 1.29 is 5.11 Å². The van der Waals surface area contributed by atoms with Gasteiger partial charge in [0, 0.05) is 60.5 Å². The van der Waals surface area contributed by atoms with Crippen LogP contribution in [0.4, 0.5) is 0 Å². The Morgan fingerprint density at radius 2 is 1.29 bits per heavy atom. The summed E-state index contributed by atoms with van der Waals surface area (Å²) in [7, 11) is 0. The second-order valence-electron chi connectivity index (χ2n) is 8.04. The lowest BCUT2D eigenvalue weighted by Gasteiger charge is -2.08. The fraction of sp³-hybridized carbons (Fsp3) is 0.0769. The van der Waals surface area contributed by atoms with Crippen LogP contribution in [-0.4, -0.2) is 31.1 Å². The summed E-state index contributed by atoms with van der Waals surface area (Å²) in [5, 5.41) is 16.8. The Morgan fingerprint density at radius 1 is 0.645 bits per heavy atom. The van der Waals surface area contributed by atoms with Crippen LogP contribution in [0.15, 0.2) is 60.7 Å². The van der Waals surface area contributed by atoms with E-state index in [1.165, 1.54) is 10.8 Å². The number of fused-ring (bicyclic) bond motifs is 11. The summed E-state index contributed by atoms with van der Waals surface area (Å²) < 4.78 is 0. The minimum atomic E-state index is -0.624. The largest absolute Gasteiger partial charge is 0.389 e. The number of H-pyrrole nitrogens is 4. The van der Waals surface area contributed by atoms with Crippen molar-refractivity contribution in [2.24, 2.45) is 0 Å². The van der Waals surface area contributed by atoms with Crippen molar-refractivity contribution in [1.29, 1.82) is 0 Å². The summed E-state index contributed by atoms with van der Waals surface area (Å²) in [6.07, 6.45) is 5.70. The molecule has 0 aliphatic carbocycles. The van der Waals surface area contributed by atoms with Gasteiger partial charge >= 0.3 is 0 Å². The number of aromatic nitrogens is 4. The molecule has 152 valence electrons. The van der Waals surface area contributed by atoms with Gasteiger partial charge in [-0.25, -0.2) is 0 Å². The molecule has 5 heterocycles. The molecular weight excluding hydrogens is 384 g/mol. The van der Waals surface area contributed by atoms with Crippen molar-refractivity contribution >= 4 is 34.6 Å². The third-order valence-electron chi connectivity index (χ3n) is 5.83. The molecule has 4 aromatic heterocycles. The number of aliphatic hydroxyl groups is 1. The SMILES string of the molecule is CC(O)C1=c2ccc([nH]2)=Cc2[nH]c(c3ccccc23)C=c2ccc([nH]2)=Cc2ccc1[nH]2. The lowest BCUT2D eigenvalue weighted by molar-refractivity contribution is 0.252. The Morgan fingerprint density at radius 3 is 2.00 bits per heavy atom. The second kappa shape index (κ2) is 6.79. The van der Waals surface area contributed by atoms with Crippen LogP contribution in [0.1, 0.15) is 29.7 Å². The molecule has 5 aromatic rings. The van der Waals surface area contributed by atoms with Gasteiger partial charge in [-0.15, -0.1) is 0 Å². The zero-order valence-corrected chi connectivity index (χ0v) is 17.0. The van der Waals surface area contributed by atoms with Crippen LogP contribution in [0.3, 0.4) is 0 Å². The Hall–Kier alpha value is -3.96. The van der Waals surface area contributed by atoms with E-state index in [0.29, 0.717) is 0 Å². The maximum Gasteiger partial charge on any atom is 0.0802 e. The highest BCUT2D eigenvalue weighted by Gasteiger charge is 2.12. The van der Waals surface area contributed by atoms with Crippen LogP contribution >= 0.6 is 0 Å². The summed E-state index contributed by atoms with van der Waals surface area (Å²) in [5.74, 6) is 0. The van der Waals surface area contributed by atoms with E-state index in [1.807, 2.05) is 24.3 Å². The van der Waals surface area contributed by atoms with E-state index < -0.39 is 6.10 Å². The van der Waals surface area contributed by atoms with Gasteiger partial charge in [0.25, 0.3) is 0 Å². The molecule has 8 bridgehead atoms. The number of aliphatic hydroxyl groups excluding tert-OH is 1. The molecule has 1 aliphatic heterocycles. The van der Waals surface area contributed by atoms with Gasteiger partial charge in [0.05, 0.1) is 6.10 Å². The number of hydrogen-bond donors (Lipinski definition) is 5. The highest BCUT2D eigenvalue weighted by molar-refractivity contribution is 5.95. The standard InChI is InChI=1S/C26H22N4O/c1-15(31)26-22-10-8-17(28-22)12-16-6-7-18(27-16)13-24-20-4-2-3-5-21(20)25(30-24)14-19-9-11-23(26)29-19/h2-15,27-31H,1H3. The van der Waals surface area contributed by atoms with Gasteiger partial charge in [0.15, 0.2) is 0 Å². The lowest BCUT2D eigenvalue weighted by atomic mass is 10.1. The Kier molecular flexibility index (Phi) is 3.91. The van der Waals surface area contributed by atoms with Crippen molar-refractivity contribution in [3.05, 3.63) is 105 Å². The third kappa shape index (κ3) is 3.07. The minimum Gasteiger partial charge on any atom is -0.389 e. The average molecular weight is 406 g/mol. The molecule has 31 heavy (non-hydrogen) atoms. The number of aromatic amines is 4. The first kappa shape index (κ1) is 17.9. The van der Waals surface area contributed by atoms with Crippen LogP contribution in [0.5, 0.6) is 0 Å². The third-order valence-corrected chi connectivity index (χ3v) is 5.83. The van der Waals surface area contributed by atoms with Gasteiger partial charge in [0.1, 0.15) is 0 Å². The summed E-state index contributed by atoms with van der Waals surface area (Å²) >= 11 is 0. The summed E-state index contributed by atoms with van der Waals surface area (Å²) in [4.78, 5) is 14.0. The van der Waals surface area contributed by atoms with Gasteiger partial charge < -0.3 is 25.0 Å². The lowest BCUT2D eigenvalue weighted by Crippen LogP contribution is -2.20. The molecule has 0 amide bonds. The number of rotatable bonds is 1. The molecule has 0 radical (unpaired) electrons. The minimum absolute atomic E-state index is 0.624. The van der Waals surface area contributed by atoms with Gasteiger partial charge in [-0.05, 0) is 61.5 Å². The molecular formula is C26H22N4O. The van der Waals surface area contributed by atoms with Gasteiger partial charge in [-0.1, -0.05) is 24.3 Å². The molecule has 5 N–H and O–H groups in total. The van der Waals surface area contributed by atoms with Crippen molar-refractivity contribution in [3.63, 3.8) is 0 Å². The molecule has 5 nitrogen and oxygen atoms in total. The average Bonchev–Trinajstić information content (AvgIpc) is 3.53. The van der Waals surface area contributed by atoms with E-state index in [1.54, 1.807) is 6.92 Å². The zero-order chi connectivity index (χ0) is 20.9. The monoisotopic (exact) mass is 406 g/mol. The molecule has 0 fully saturated rings. The van der Waals surface area contributed by atoms with Crippen molar-refractivity contribution in [2.75, 3.05) is 0 Å². The number of benzene rings is 1. The fourth-order valence-electron chi connectivity index (χ4n) is 4.44. The highest BCUT2D eigenvalue weighted by Crippen LogP contribution is 2.23. The van der Waals surface area contributed by atoms with E-state index >= 15 is 0 Å². The maximum atomic E-state index is 10.5. The number of hydrogen-bond acceptors (Lipinski definition) is 1. The summed E-state index contributed by atoms with van der Waals surface area (Å²) in [5.41, 5.74) is 4.81. The molecule has 0 saturated carbocycles. The van der Waals surface area contributed by atoms with Crippen molar-refractivity contribution in [1.82, 2.24) is 19.9 Å². The normalized spacial score (nSPS) is 14.1. The van der Waals surface area contributed by atoms with Crippen LogP contribution < -0.4 is 21.4 Å². The van der Waals surface area contributed by atoms with Crippen LogP contribution in [-0.2, 0) is 0 Å². The van der Waals surface area contributed by atoms with Crippen LogP contribution in [0, 0.1) is 0 Å². The van der Waals surface area contributed by atoms with E-state index in [4.69, 9.17) is 0 Å².